The molecule has 7 nitrogen and oxygen atoms in total. The number of benzene rings is 3. The SMILES string of the molecule is CCC(C)NC(=O)C(C)N(Cc1ccc(Cl)cc1Cl)C(=O)CN(c1ccc(Br)cc1)S(=O)(=O)c1ccc(C)cc1. The van der Waals surface area contributed by atoms with Crippen molar-refractivity contribution in [3.05, 3.63) is 92.4 Å². The van der Waals surface area contributed by atoms with E-state index in [1.165, 1.54) is 17.0 Å². The zero-order valence-corrected chi connectivity index (χ0v) is 26.6. The molecule has 1 N–H and O–H groups in total. The zero-order valence-electron chi connectivity index (χ0n) is 22.7. The minimum Gasteiger partial charge on any atom is -0.352 e. The van der Waals surface area contributed by atoms with E-state index in [-0.39, 0.29) is 23.4 Å². The van der Waals surface area contributed by atoms with Gasteiger partial charge in [-0.2, -0.15) is 0 Å². The summed E-state index contributed by atoms with van der Waals surface area (Å²) in [6.07, 6.45) is 0.710. The third-order valence-electron chi connectivity index (χ3n) is 6.53. The van der Waals surface area contributed by atoms with E-state index < -0.39 is 28.5 Å². The Morgan fingerprint density at radius 3 is 2.17 bits per heavy atom. The summed E-state index contributed by atoms with van der Waals surface area (Å²) in [5, 5.41) is 3.66. The topological polar surface area (TPSA) is 86.8 Å². The number of amides is 2. The maximum absolute atomic E-state index is 14.0. The molecule has 0 aliphatic carbocycles. The predicted molar refractivity (Wildman–Crippen MR) is 164 cm³/mol. The molecule has 0 spiro atoms. The number of aryl methyl sites for hydroxylation is 1. The molecule has 2 atom stereocenters. The molecular formula is C29H32BrCl2N3O4S. The highest BCUT2D eigenvalue weighted by atomic mass is 79.9. The lowest BCUT2D eigenvalue weighted by molar-refractivity contribution is -0.139. The highest BCUT2D eigenvalue weighted by Gasteiger charge is 2.33. The molecular weight excluding hydrogens is 637 g/mol. The quantitative estimate of drug-likeness (QED) is 0.250. The number of halogens is 3. The van der Waals surface area contributed by atoms with Gasteiger partial charge in [-0.3, -0.25) is 13.9 Å². The first-order valence-corrected chi connectivity index (χ1v) is 15.7. The van der Waals surface area contributed by atoms with Gasteiger partial charge in [-0.1, -0.05) is 69.8 Å². The first-order valence-electron chi connectivity index (χ1n) is 12.7. The van der Waals surface area contributed by atoms with E-state index in [2.05, 4.69) is 21.2 Å². The van der Waals surface area contributed by atoms with E-state index in [1.807, 2.05) is 20.8 Å². The fourth-order valence-electron chi connectivity index (χ4n) is 3.86. The molecule has 0 heterocycles. The molecule has 0 radical (unpaired) electrons. The van der Waals surface area contributed by atoms with Gasteiger partial charge in [0.25, 0.3) is 10.0 Å². The van der Waals surface area contributed by atoms with Gasteiger partial charge in [0.15, 0.2) is 0 Å². The van der Waals surface area contributed by atoms with Gasteiger partial charge >= 0.3 is 0 Å². The molecule has 3 rings (SSSR count). The number of sulfonamides is 1. The van der Waals surface area contributed by atoms with Crippen molar-refractivity contribution in [2.45, 2.75) is 57.6 Å². The van der Waals surface area contributed by atoms with Gasteiger partial charge in [0, 0.05) is 27.1 Å². The van der Waals surface area contributed by atoms with Gasteiger partial charge in [0.1, 0.15) is 12.6 Å². The minimum atomic E-state index is -4.14. The average molecular weight is 669 g/mol. The second-order valence-electron chi connectivity index (χ2n) is 9.55. The summed E-state index contributed by atoms with van der Waals surface area (Å²) in [6, 6.07) is 16.9. The second-order valence-corrected chi connectivity index (χ2v) is 13.2. The van der Waals surface area contributed by atoms with E-state index in [0.29, 0.717) is 27.7 Å². The molecule has 0 saturated heterocycles. The molecule has 0 aliphatic rings. The summed E-state index contributed by atoms with van der Waals surface area (Å²) in [5.74, 6) is -0.930. The fraction of sp³-hybridized carbons (Fsp3) is 0.310. The van der Waals surface area contributed by atoms with Gasteiger partial charge in [0.05, 0.1) is 10.6 Å². The van der Waals surface area contributed by atoms with Crippen molar-refractivity contribution in [1.29, 1.82) is 0 Å². The van der Waals surface area contributed by atoms with Crippen LogP contribution in [0.25, 0.3) is 0 Å². The number of rotatable bonds is 11. The molecule has 0 aromatic heterocycles. The summed E-state index contributed by atoms with van der Waals surface area (Å²) >= 11 is 15.9. The third-order valence-corrected chi connectivity index (χ3v) is 9.43. The lowest BCUT2D eigenvalue weighted by Gasteiger charge is -2.32. The molecule has 2 unspecified atom stereocenters. The predicted octanol–water partition coefficient (Wildman–Crippen LogP) is 6.59. The standard InChI is InChI=1S/C29H32BrCl2N3O4S/c1-5-20(3)33-29(37)21(4)34(17-22-8-11-24(31)16-27(22)32)28(36)18-35(25-12-9-23(30)10-13-25)40(38,39)26-14-6-19(2)7-15-26/h6-16,20-21H,5,17-18H2,1-4H3,(H,33,37). The van der Waals surface area contributed by atoms with Crippen molar-refractivity contribution < 1.29 is 18.0 Å². The van der Waals surface area contributed by atoms with Crippen LogP contribution >= 0.6 is 39.1 Å². The number of nitrogens with zero attached hydrogens (tertiary/aromatic N) is 2. The van der Waals surface area contributed by atoms with Crippen LogP contribution in [0.3, 0.4) is 0 Å². The van der Waals surface area contributed by atoms with E-state index >= 15 is 0 Å². The Balaban J connectivity index is 2.04. The third kappa shape index (κ3) is 8.00. The normalized spacial score (nSPS) is 12.9. The van der Waals surface area contributed by atoms with Crippen molar-refractivity contribution >= 4 is 66.7 Å². The summed E-state index contributed by atoms with van der Waals surface area (Å²) < 4.78 is 29.5. The Bertz CT molecular complexity index is 1450. The Kier molecular flexibility index (Phi) is 11.1. The summed E-state index contributed by atoms with van der Waals surface area (Å²) in [6.45, 7) is 6.72. The zero-order chi connectivity index (χ0) is 29.6. The average Bonchev–Trinajstić information content (AvgIpc) is 2.91. The smallest absolute Gasteiger partial charge is 0.264 e. The molecule has 3 aromatic carbocycles. The summed E-state index contributed by atoms with van der Waals surface area (Å²) in [4.78, 5) is 28.5. The Morgan fingerprint density at radius 1 is 0.975 bits per heavy atom. The number of hydrogen-bond donors (Lipinski definition) is 1. The van der Waals surface area contributed by atoms with Crippen LogP contribution in [0.2, 0.25) is 10.0 Å². The molecule has 0 aliphatic heterocycles. The van der Waals surface area contributed by atoms with Crippen molar-refractivity contribution in [3.8, 4) is 0 Å². The Hall–Kier alpha value is -2.59. The van der Waals surface area contributed by atoms with Crippen LogP contribution in [0.1, 0.15) is 38.3 Å². The second kappa shape index (κ2) is 13.9. The van der Waals surface area contributed by atoms with Crippen LogP contribution < -0.4 is 9.62 Å². The minimum absolute atomic E-state index is 0.0251. The maximum Gasteiger partial charge on any atom is 0.264 e. The summed E-state index contributed by atoms with van der Waals surface area (Å²) in [7, 11) is -4.14. The number of hydrogen-bond acceptors (Lipinski definition) is 4. The van der Waals surface area contributed by atoms with Crippen LogP contribution in [-0.2, 0) is 26.2 Å². The number of carbonyl (C=O) groups is 2. The van der Waals surface area contributed by atoms with Gasteiger partial charge in [-0.25, -0.2) is 8.42 Å². The molecule has 0 saturated carbocycles. The molecule has 2 amide bonds. The van der Waals surface area contributed by atoms with Gasteiger partial charge < -0.3 is 10.2 Å². The first-order chi connectivity index (χ1) is 18.8. The highest BCUT2D eigenvalue weighted by Crippen LogP contribution is 2.27. The molecule has 214 valence electrons. The van der Waals surface area contributed by atoms with Crippen molar-refractivity contribution in [3.63, 3.8) is 0 Å². The van der Waals surface area contributed by atoms with Crippen molar-refractivity contribution in [2.75, 3.05) is 10.8 Å². The van der Waals surface area contributed by atoms with E-state index in [0.717, 1.165) is 14.3 Å². The molecule has 0 fully saturated rings. The Morgan fingerprint density at radius 2 is 1.60 bits per heavy atom. The molecule has 11 heteroatoms. The van der Waals surface area contributed by atoms with E-state index in [9.17, 15) is 18.0 Å². The molecule has 40 heavy (non-hydrogen) atoms. The lowest BCUT2D eigenvalue weighted by atomic mass is 10.1. The largest absolute Gasteiger partial charge is 0.352 e. The van der Waals surface area contributed by atoms with Crippen LogP contribution in [0, 0.1) is 6.92 Å². The highest BCUT2D eigenvalue weighted by molar-refractivity contribution is 9.10. The fourth-order valence-corrected chi connectivity index (χ4v) is 6.00. The molecule has 3 aromatic rings. The Labute approximate surface area is 254 Å². The number of carbonyl (C=O) groups excluding carboxylic acids is 2. The van der Waals surface area contributed by atoms with Gasteiger partial charge in [-0.15, -0.1) is 0 Å². The number of nitrogens with one attached hydrogen (secondary N) is 1. The van der Waals surface area contributed by atoms with E-state index in [1.54, 1.807) is 61.5 Å². The van der Waals surface area contributed by atoms with Gasteiger partial charge in [-0.05, 0) is 81.3 Å². The molecule has 0 bridgehead atoms. The van der Waals surface area contributed by atoms with E-state index in [4.69, 9.17) is 23.2 Å². The van der Waals surface area contributed by atoms with Crippen LogP contribution in [0.4, 0.5) is 5.69 Å². The summed E-state index contributed by atoms with van der Waals surface area (Å²) in [5.41, 5.74) is 1.77. The monoisotopic (exact) mass is 667 g/mol. The van der Waals surface area contributed by atoms with Gasteiger partial charge in [0.2, 0.25) is 11.8 Å². The maximum atomic E-state index is 14.0. The number of anilines is 1. The van der Waals surface area contributed by atoms with Crippen LogP contribution in [0.5, 0.6) is 0 Å². The first kappa shape index (κ1) is 31.9. The van der Waals surface area contributed by atoms with Crippen molar-refractivity contribution in [1.82, 2.24) is 10.2 Å². The van der Waals surface area contributed by atoms with Crippen LogP contribution in [0.15, 0.2) is 76.1 Å². The van der Waals surface area contributed by atoms with Crippen LogP contribution in [-0.4, -0.2) is 43.8 Å². The van der Waals surface area contributed by atoms with Crippen molar-refractivity contribution in [2.24, 2.45) is 0 Å². The lowest BCUT2D eigenvalue weighted by Crippen LogP contribution is -2.52.